The van der Waals surface area contributed by atoms with Gasteiger partial charge < -0.3 is 10.8 Å². The number of amides is 1. The number of hydrogen-bond donors (Lipinski definition) is 2. The van der Waals surface area contributed by atoms with Crippen molar-refractivity contribution in [2.24, 2.45) is 5.73 Å². The molecule has 23 heavy (non-hydrogen) atoms. The summed E-state index contributed by atoms with van der Waals surface area (Å²) in [4.78, 5) is 10.7. The number of hydrogen-bond acceptors (Lipinski definition) is 3. The first-order valence-corrected chi connectivity index (χ1v) is 10.4. The first kappa shape index (κ1) is 22.5. The van der Waals surface area contributed by atoms with Crippen LogP contribution in [0.2, 0.25) is 0 Å². The van der Waals surface area contributed by atoms with Crippen molar-refractivity contribution in [3.8, 4) is 0 Å². The van der Waals surface area contributed by atoms with E-state index in [0.717, 1.165) is 6.42 Å². The van der Waals surface area contributed by atoms with E-state index in [-0.39, 0.29) is 17.8 Å². The van der Waals surface area contributed by atoms with E-state index >= 15 is 0 Å². The lowest BCUT2D eigenvalue weighted by atomic mass is 10.1. The Balaban J connectivity index is 3.38. The number of carbonyl (C=O) groups excluding carboxylic acids is 1. The highest BCUT2D eigenvalue weighted by molar-refractivity contribution is 8.00. The van der Waals surface area contributed by atoms with Gasteiger partial charge in [0.15, 0.2) is 0 Å². The normalized spacial score (nSPS) is 12.8. The number of carbonyl (C=O) groups is 1. The third-order valence-electron chi connectivity index (χ3n) is 3.94. The molecule has 0 aliphatic heterocycles. The van der Waals surface area contributed by atoms with Gasteiger partial charge in [0, 0.05) is 17.4 Å². The molecule has 0 bridgehead atoms. The Morgan fingerprint density at radius 1 is 1.04 bits per heavy atom. The summed E-state index contributed by atoms with van der Waals surface area (Å²) in [6.45, 7) is 2.38. The van der Waals surface area contributed by atoms with Crippen molar-refractivity contribution in [2.45, 2.75) is 89.2 Å². The Labute approximate surface area is 147 Å². The molecule has 1 unspecified atom stereocenters. The van der Waals surface area contributed by atoms with Crippen molar-refractivity contribution >= 4 is 17.7 Å². The number of allylic oxidation sites excluding steroid dienone is 1. The Morgan fingerprint density at radius 3 is 2.13 bits per heavy atom. The second-order valence-corrected chi connectivity index (χ2v) is 7.55. The Hall–Kier alpha value is -0.480. The molecule has 0 saturated carbocycles. The number of unbranched alkanes of at least 4 members (excludes halogenated alkanes) is 10. The standard InChI is InChI=1S/C19H37NO2S/c1-2-3-4-5-6-7-8-9-10-11-12-13-14-18(17-21)23-16-15-19(20)22/h13-14,18,21H,2-12,15-17H2,1H3,(H2,20,22)/b14-13-. The molecule has 0 aromatic heterocycles. The zero-order chi connectivity index (χ0) is 17.2. The second-order valence-electron chi connectivity index (χ2n) is 6.21. The summed E-state index contributed by atoms with van der Waals surface area (Å²) in [6, 6.07) is 0. The zero-order valence-corrected chi connectivity index (χ0v) is 15.8. The molecule has 0 aliphatic carbocycles. The first-order chi connectivity index (χ1) is 11.2. The van der Waals surface area contributed by atoms with Gasteiger partial charge >= 0.3 is 0 Å². The number of thioether (sulfide) groups is 1. The second kappa shape index (κ2) is 17.9. The van der Waals surface area contributed by atoms with Gasteiger partial charge in [-0.1, -0.05) is 76.9 Å². The average Bonchev–Trinajstić information content (AvgIpc) is 2.53. The minimum absolute atomic E-state index is 0.0949. The van der Waals surface area contributed by atoms with Crippen LogP contribution >= 0.6 is 11.8 Å². The van der Waals surface area contributed by atoms with Gasteiger partial charge in [0.1, 0.15) is 0 Å². The highest BCUT2D eigenvalue weighted by Gasteiger charge is 2.04. The predicted molar refractivity (Wildman–Crippen MR) is 103 cm³/mol. The van der Waals surface area contributed by atoms with Gasteiger partial charge in [-0.2, -0.15) is 11.8 Å². The molecule has 3 nitrogen and oxygen atoms in total. The molecule has 0 spiro atoms. The van der Waals surface area contributed by atoms with Crippen LogP contribution < -0.4 is 5.73 Å². The van der Waals surface area contributed by atoms with Crippen LogP contribution in [0.3, 0.4) is 0 Å². The molecule has 0 fully saturated rings. The highest BCUT2D eigenvalue weighted by Crippen LogP contribution is 2.15. The molecule has 0 rings (SSSR count). The molecule has 1 atom stereocenters. The van der Waals surface area contributed by atoms with E-state index in [0.29, 0.717) is 12.2 Å². The topological polar surface area (TPSA) is 63.3 Å². The summed E-state index contributed by atoms with van der Waals surface area (Å²) < 4.78 is 0. The lowest BCUT2D eigenvalue weighted by molar-refractivity contribution is -0.117. The quantitative estimate of drug-likeness (QED) is 0.294. The maximum Gasteiger partial charge on any atom is 0.218 e. The molecule has 0 aromatic carbocycles. The summed E-state index contributed by atoms with van der Waals surface area (Å²) in [5.74, 6) is 0.409. The van der Waals surface area contributed by atoms with Crippen LogP contribution in [0.15, 0.2) is 12.2 Å². The van der Waals surface area contributed by atoms with Crippen molar-refractivity contribution < 1.29 is 9.90 Å². The Bertz CT molecular complexity index is 295. The van der Waals surface area contributed by atoms with E-state index in [1.165, 1.54) is 64.2 Å². The molecule has 0 aromatic rings. The van der Waals surface area contributed by atoms with Crippen molar-refractivity contribution in [1.82, 2.24) is 0 Å². The van der Waals surface area contributed by atoms with E-state index < -0.39 is 0 Å². The third kappa shape index (κ3) is 17.7. The SMILES string of the molecule is CCCCCCCCCCCC/C=C\C(CO)SCCC(N)=O. The van der Waals surface area contributed by atoms with Crippen molar-refractivity contribution in [3.63, 3.8) is 0 Å². The summed E-state index contributed by atoms with van der Waals surface area (Å²) in [6.07, 6.45) is 19.3. The van der Waals surface area contributed by atoms with Gasteiger partial charge in [-0.3, -0.25) is 4.79 Å². The monoisotopic (exact) mass is 343 g/mol. The molecule has 0 aliphatic rings. The minimum atomic E-state index is -0.275. The van der Waals surface area contributed by atoms with Crippen LogP contribution in [0.4, 0.5) is 0 Å². The van der Waals surface area contributed by atoms with E-state index in [9.17, 15) is 9.90 Å². The minimum Gasteiger partial charge on any atom is -0.395 e. The predicted octanol–water partition coefficient (Wildman–Crippen LogP) is 4.82. The lowest BCUT2D eigenvalue weighted by Crippen LogP contribution is -2.13. The van der Waals surface area contributed by atoms with E-state index in [1.807, 2.05) is 0 Å². The van der Waals surface area contributed by atoms with E-state index in [2.05, 4.69) is 19.1 Å². The largest absolute Gasteiger partial charge is 0.395 e. The number of aliphatic hydroxyl groups is 1. The van der Waals surface area contributed by atoms with Crippen molar-refractivity contribution in [3.05, 3.63) is 12.2 Å². The van der Waals surface area contributed by atoms with E-state index in [1.54, 1.807) is 11.8 Å². The zero-order valence-electron chi connectivity index (χ0n) is 15.0. The van der Waals surface area contributed by atoms with Gasteiger partial charge in [0.2, 0.25) is 5.91 Å². The Morgan fingerprint density at radius 2 is 1.61 bits per heavy atom. The Kier molecular flexibility index (Phi) is 17.5. The average molecular weight is 344 g/mol. The third-order valence-corrected chi connectivity index (χ3v) is 5.11. The highest BCUT2D eigenvalue weighted by atomic mass is 32.2. The molecule has 0 radical (unpaired) electrons. The van der Waals surface area contributed by atoms with Crippen LogP contribution in [0.5, 0.6) is 0 Å². The van der Waals surface area contributed by atoms with Gasteiger partial charge in [-0.15, -0.1) is 0 Å². The van der Waals surface area contributed by atoms with Gasteiger partial charge in [0.05, 0.1) is 6.61 Å². The van der Waals surface area contributed by atoms with Gasteiger partial charge in [0.25, 0.3) is 0 Å². The van der Waals surface area contributed by atoms with Crippen LogP contribution in [-0.2, 0) is 4.79 Å². The number of aliphatic hydroxyl groups excluding tert-OH is 1. The molecule has 3 N–H and O–H groups in total. The fourth-order valence-electron chi connectivity index (χ4n) is 2.48. The fraction of sp³-hybridized carbons (Fsp3) is 0.842. The van der Waals surface area contributed by atoms with Crippen LogP contribution in [0, 0.1) is 0 Å². The van der Waals surface area contributed by atoms with Gasteiger partial charge in [-0.25, -0.2) is 0 Å². The molecule has 0 heterocycles. The first-order valence-electron chi connectivity index (χ1n) is 9.38. The van der Waals surface area contributed by atoms with Crippen LogP contribution in [-0.4, -0.2) is 28.6 Å². The summed E-state index contributed by atoms with van der Waals surface area (Å²) in [7, 11) is 0. The summed E-state index contributed by atoms with van der Waals surface area (Å²) in [5, 5.41) is 9.38. The van der Waals surface area contributed by atoms with Crippen LogP contribution in [0.25, 0.3) is 0 Å². The molecular weight excluding hydrogens is 306 g/mol. The molecule has 1 amide bonds. The number of primary amides is 1. The summed E-state index contributed by atoms with van der Waals surface area (Å²) in [5.41, 5.74) is 5.11. The van der Waals surface area contributed by atoms with Gasteiger partial charge in [-0.05, 0) is 12.8 Å². The fourth-order valence-corrected chi connectivity index (χ4v) is 3.43. The lowest BCUT2D eigenvalue weighted by Gasteiger charge is -2.08. The van der Waals surface area contributed by atoms with Crippen molar-refractivity contribution in [1.29, 1.82) is 0 Å². The smallest absolute Gasteiger partial charge is 0.218 e. The van der Waals surface area contributed by atoms with Crippen LogP contribution in [0.1, 0.15) is 84.0 Å². The number of nitrogens with two attached hydrogens (primary N) is 1. The van der Waals surface area contributed by atoms with Crippen molar-refractivity contribution in [2.75, 3.05) is 12.4 Å². The molecule has 136 valence electrons. The molecular formula is C19H37NO2S. The van der Waals surface area contributed by atoms with E-state index in [4.69, 9.17) is 5.73 Å². The maximum atomic E-state index is 10.7. The number of rotatable bonds is 17. The molecule has 4 heteroatoms. The summed E-state index contributed by atoms with van der Waals surface area (Å²) >= 11 is 1.60. The maximum absolute atomic E-state index is 10.7. The molecule has 0 saturated heterocycles.